The van der Waals surface area contributed by atoms with E-state index in [1.165, 1.54) is 0 Å². The number of hydrogen-bond donors (Lipinski definition) is 1. The van der Waals surface area contributed by atoms with Gasteiger partial charge >= 0.3 is 0 Å². The van der Waals surface area contributed by atoms with Crippen LogP contribution in [-0.2, 0) is 9.53 Å². The molecular formula is C7H13NO2. The van der Waals surface area contributed by atoms with Gasteiger partial charge < -0.3 is 10.5 Å². The zero-order chi connectivity index (χ0) is 7.40. The highest BCUT2D eigenvalue weighted by Gasteiger charge is 2.18. The third-order valence-electron chi connectivity index (χ3n) is 1.97. The van der Waals surface area contributed by atoms with Crippen molar-refractivity contribution in [3.8, 4) is 0 Å². The molecule has 0 unspecified atom stereocenters. The van der Waals surface area contributed by atoms with E-state index in [0.29, 0.717) is 12.5 Å². The molecule has 3 heteroatoms. The summed E-state index contributed by atoms with van der Waals surface area (Å²) in [6.45, 7) is 0.529. The second kappa shape index (κ2) is 3.56. The van der Waals surface area contributed by atoms with Crippen LogP contribution in [0.3, 0.4) is 0 Å². The van der Waals surface area contributed by atoms with Crippen LogP contribution in [0.2, 0.25) is 0 Å². The molecule has 0 spiro atoms. The van der Waals surface area contributed by atoms with E-state index in [2.05, 4.69) is 0 Å². The topological polar surface area (TPSA) is 52.3 Å². The number of hydrogen-bond acceptors (Lipinski definition) is 3. The zero-order valence-electron chi connectivity index (χ0n) is 5.95. The van der Waals surface area contributed by atoms with Crippen molar-refractivity contribution in [1.82, 2.24) is 0 Å². The first-order valence-electron chi connectivity index (χ1n) is 3.67. The predicted octanol–water partition coefficient (Wildman–Crippen LogP) is 0.429. The molecule has 1 saturated carbocycles. The normalized spacial score (nSPS) is 33.3. The number of nitrogens with two attached hydrogens (primary N) is 1. The van der Waals surface area contributed by atoms with Gasteiger partial charge in [-0.05, 0) is 25.7 Å². The fourth-order valence-corrected chi connectivity index (χ4v) is 1.30. The van der Waals surface area contributed by atoms with Crippen LogP contribution in [0.5, 0.6) is 0 Å². The Bertz CT molecular complexity index is 108. The molecule has 0 saturated heterocycles. The van der Waals surface area contributed by atoms with Gasteiger partial charge in [-0.2, -0.15) is 0 Å². The Hall–Kier alpha value is -0.570. The Morgan fingerprint density at radius 3 is 2.40 bits per heavy atom. The maximum atomic E-state index is 9.90. The lowest BCUT2D eigenvalue weighted by molar-refractivity contribution is -0.135. The van der Waals surface area contributed by atoms with Gasteiger partial charge in [-0.3, -0.25) is 4.79 Å². The molecule has 1 rings (SSSR count). The van der Waals surface area contributed by atoms with E-state index in [9.17, 15) is 4.79 Å². The molecule has 1 aliphatic carbocycles. The molecule has 0 aromatic carbocycles. The summed E-state index contributed by atoms with van der Waals surface area (Å²) >= 11 is 0. The molecule has 0 bridgehead atoms. The van der Waals surface area contributed by atoms with Crippen molar-refractivity contribution in [2.75, 3.05) is 0 Å². The highest BCUT2D eigenvalue weighted by Crippen LogP contribution is 2.18. The summed E-state index contributed by atoms with van der Waals surface area (Å²) in [6, 6.07) is 0.325. The lowest BCUT2D eigenvalue weighted by Crippen LogP contribution is -2.29. The van der Waals surface area contributed by atoms with Crippen molar-refractivity contribution in [2.45, 2.75) is 37.8 Å². The fraction of sp³-hybridized carbons (Fsp3) is 0.857. The molecule has 0 amide bonds. The molecule has 0 aliphatic heterocycles. The summed E-state index contributed by atoms with van der Waals surface area (Å²) in [5, 5.41) is 0. The van der Waals surface area contributed by atoms with Crippen LogP contribution in [0.4, 0.5) is 0 Å². The molecule has 0 aromatic rings. The first kappa shape index (κ1) is 7.54. The van der Waals surface area contributed by atoms with Gasteiger partial charge in [0, 0.05) is 6.04 Å². The minimum atomic E-state index is 0.136. The molecule has 0 atom stereocenters. The smallest absolute Gasteiger partial charge is 0.293 e. The molecule has 0 heterocycles. The average molecular weight is 143 g/mol. The van der Waals surface area contributed by atoms with Crippen LogP contribution in [0.25, 0.3) is 0 Å². The van der Waals surface area contributed by atoms with Crippen LogP contribution >= 0.6 is 0 Å². The van der Waals surface area contributed by atoms with Crippen molar-refractivity contribution in [1.29, 1.82) is 0 Å². The molecule has 58 valence electrons. The third kappa shape index (κ3) is 1.99. The summed E-state index contributed by atoms with van der Waals surface area (Å²) in [4.78, 5) is 9.90. The predicted molar refractivity (Wildman–Crippen MR) is 37.4 cm³/mol. The number of rotatable bonds is 2. The van der Waals surface area contributed by atoms with Crippen molar-refractivity contribution < 1.29 is 9.53 Å². The Kier molecular flexibility index (Phi) is 2.68. The standard InChI is InChI=1S/C7H13NO2/c8-6-1-3-7(4-2-6)10-5-9/h5-7H,1-4,8H2. The molecule has 0 aromatic heterocycles. The highest BCUT2D eigenvalue weighted by molar-refractivity contribution is 5.37. The van der Waals surface area contributed by atoms with Crippen LogP contribution in [0.15, 0.2) is 0 Å². The summed E-state index contributed by atoms with van der Waals surface area (Å²) in [7, 11) is 0. The van der Waals surface area contributed by atoms with E-state index < -0.39 is 0 Å². The van der Waals surface area contributed by atoms with Gasteiger partial charge in [0.2, 0.25) is 0 Å². The van der Waals surface area contributed by atoms with Gasteiger partial charge in [-0.15, -0.1) is 0 Å². The van der Waals surface area contributed by atoms with Crippen LogP contribution in [0, 0.1) is 0 Å². The minimum Gasteiger partial charge on any atom is -0.465 e. The van der Waals surface area contributed by atoms with E-state index in [4.69, 9.17) is 10.5 Å². The van der Waals surface area contributed by atoms with Crippen molar-refractivity contribution in [2.24, 2.45) is 5.73 Å². The fourth-order valence-electron chi connectivity index (χ4n) is 1.30. The number of ether oxygens (including phenoxy) is 1. The highest BCUT2D eigenvalue weighted by atomic mass is 16.5. The second-order valence-corrected chi connectivity index (χ2v) is 2.77. The largest absolute Gasteiger partial charge is 0.465 e. The van der Waals surface area contributed by atoms with Gasteiger partial charge in [-0.1, -0.05) is 0 Å². The van der Waals surface area contributed by atoms with Crippen molar-refractivity contribution in [3.05, 3.63) is 0 Å². The van der Waals surface area contributed by atoms with Gasteiger partial charge in [0.25, 0.3) is 6.47 Å². The summed E-state index contributed by atoms with van der Waals surface area (Å²) in [5.74, 6) is 0. The molecule has 0 radical (unpaired) electrons. The summed E-state index contributed by atoms with van der Waals surface area (Å²) in [5.41, 5.74) is 5.65. The molecule has 3 nitrogen and oxygen atoms in total. The molecular weight excluding hydrogens is 130 g/mol. The van der Waals surface area contributed by atoms with Crippen molar-refractivity contribution >= 4 is 6.47 Å². The van der Waals surface area contributed by atoms with Crippen LogP contribution in [0.1, 0.15) is 25.7 Å². The SMILES string of the molecule is NC1CCC(OC=O)CC1. The molecule has 2 N–H and O–H groups in total. The van der Waals surface area contributed by atoms with E-state index in [1.54, 1.807) is 0 Å². The summed E-state index contributed by atoms with van der Waals surface area (Å²) in [6.07, 6.45) is 3.97. The van der Waals surface area contributed by atoms with E-state index in [0.717, 1.165) is 25.7 Å². The van der Waals surface area contributed by atoms with Crippen LogP contribution < -0.4 is 5.73 Å². The van der Waals surface area contributed by atoms with E-state index in [1.807, 2.05) is 0 Å². The lowest BCUT2D eigenvalue weighted by atomic mass is 9.94. The molecule has 1 aliphatic rings. The first-order valence-corrected chi connectivity index (χ1v) is 3.67. The van der Waals surface area contributed by atoms with Gasteiger partial charge in [0.05, 0.1) is 0 Å². The molecule has 10 heavy (non-hydrogen) atoms. The van der Waals surface area contributed by atoms with Crippen LogP contribution in [-0.4, -0.2) is 18.6 Å². The Morgan fingerprint density at radius 1 is 1.30 bits per heavy atom. The lowest BCUT2D eigenvalue weighted by Gasteiger charge is -2.24. The summed E-state index contributed by atoms with van der Waals surface area (Å²) < 4.78 is 4.80. The van der Waals surface area contributed by atoms with E-state index in [-0.39, 0.29) is 6.10 Å². The maximum Gasteiger partial charge on any atom is 0.293 e. The quantitative estimate of drug-likeness (QED) is 0.570. The Labute approximate surface area is 60.5 Å². The van der Waals surface area contributed by atoms with Gasteiger partial charge in [0.15, 0.2) is 0 Å². The van der Waals surface area contributed by atoms with Crippen molar-refractivity contribution in [3.63, 3.8) is 0 Å². The Morgan fingerprint density at radius 2 is 1.90 bits per heavy atom. The first-order chi connectivity index (χ1) is 4.83. The number of carbonyl (C=O) groups excluding carboxylic acids is 1. The molecule has 1 fully saturated rings. The number of carbonyl (C=O) groups is 1. The average Bonchev–Trinajstić information content (AvgIpc) is 1.95. The van der Waals surface area contributed by atoms with E-state index >= 15 is 0 Å². The monoisotopic (exact) mass is 143 g/mol. The Balaban J connectivity index is 2.19. The third-order valence-corrected chi connectivity index (χ3v) is 1.97. The van der Waals surface area contributed by atoms with Gasteiger partial charge in [0.1, 0.15) is 6.10 Å². The minimum absolute atomic E-state index is 0.136. The second-order valence-electron chi connectivity index (χ2n) is 2.77. The van der Waals surface area contributed by atoms with Gasteiger partial charge in [-0.25, -0.2) is 0 Å². The zero-order valence-corrected chi connectivity index (χ0v) is 5.95. The maximum absolute atomic E-state index is 9.90.